The van der Waals surface area contributed by atoms with Gasteiger partial charge >= 0.3 is 0 Å². The lowest BCUT2D eigenvalue weighted by Gasteiger charge is -2.37. The SMILES string of the molecule is O=C(c1cc2c(s1)CCC(C(=O)N1CCN(c3ccccn3)CC1)C2)N1CCCCC1. The fourth-order valence-electron chi connectivity index (χ4n) is 5.05. The number of hydrogen-bond acceptors (Lipinski definition) is 5. The topological polar surface area (TPSA) is 56.8 Å². The number of aromatic nitrogens is 1. The summed E-state index contributed by atoms with van der Waals surface area (Å²) in [6.45, 7) is 4.92. The zero-order chi connectivity index (χ0) is 21.2. The number of fused-ring (bicyclic) bond motifs is 1. The van der Waals surface area contributed by atoms with Crippen LogP contribution >= 0.6 is 11.3 Å². The maximum Gasteiger partial charge on any atom is 0.263 e. The molecule has 31 heavy (non-hydrogen) atoms. The standard InChI is InChI=1S/C24H30N4O2S/c29-23(28-14-12-26(13-15-28)22-6-2-3-9-25-22)18-7-8-20-19(16-18)17-21(31-20)24(30)27-10-4-1-5-11-27/h2-3,6,9,17-18H,1,4-5,7-8,10-16H2. The summed E-state index contributed by atoms with van der Waals surface area (Å²) >= 11 is 1.65. The first-order chi connectivity index (χ1) is 15.2. The third-order valence-corrected chi connectivity index (χ3v) is 8.08. The molecule has 2 saturated heterocycles. The summed E-state index contributed by atoms with van der Waals surface area (Å²) in [6, 6.07) is 8.04. The number of thiophene rings is 1. The molecule has 3 aliphatic rings. The van der Waals surface area contributed by atoms with E-state index in [1.165, 1.54) is 16.9 Å². The molecule has 6 nitrogen and oxygen atoms in total. The molecule has 1 aliphatic carbocycles. The van der Waals surface area contributed by atoms with Crippen LogP contribution in [0.4, 0.5) is 5.82 Å². The van der Waals surface area contributed by atoms with Gasteiger partial charge in [-0.05, 0) is 62.3 Å². The number of carbonyl (C=O) groups is 2. The van der Waals surface area contributed by atoms with Gasteiger partial charge in [0.1, 0.15) is 5.82 Å². The Balaban J connectivity index is 1.19. The molecule has 0 aromatic carbocycles. The molecular formula is C24H30N4O2S. The molecule has 7 heteroatoms. The molecule has 0 bridgehead atoms. The second kappa shape index (κ2) is 8.99. The molecule has 0 radical (unpaired) electrons. The van der Waals surface area contributed by atoms with Gasteiger partial charge in [-0.2, -0.15) is 0 Å². The van der Waals surface area contributed by atoms with Gasteiger partial charge in [-0.1, -0.05) is 6.07 Å². The Bertz CT molecular complexity index is 930. The smallest absolute Gasteiger partial charge is 0.263 e. The number of hydrogen-bond donors (Lipinski definition) is 0. The molecule has 1 atom stereocenters. The van der Waals surface area contributed by atoms with Crippen molar-refractivity contribution in [3.8, 4) is 0 Å². The molecule has 2 aromatic heterocycles. The summed E-state index contributed by atoms with van der Waals surface area (Å²) in [7, 11) is 0. The molecule has 4 heterocycles. The lowest BCUT2D eigenvalue weighted by atomic mass is 9.87. The molecule has 2 aromatic rings. The molecule has 0 spiro atoms. The van der Waals surface area contributed by atoms with Gasteiger partial charge in [0.15, 0.2) is 0 Å². The van der Waals surface area contributed by atoms with Crippen molar-refractivity contribution in [2.24, 2.45) is 5.92 Å². The second-order valence-corrected chi connectivity index (χ2v) is 9.99. The van der Waals surface area contributed by atoms with Gasteiger partial charge in [0.25, 0.3) is 5.91 Å². The van der Waals surface area contributed by atoms with E-state index in [9.17, 15) is 9.59 Å². The van der Waals surface area contributed by atoms with Crippen molar-refractivity contribution < 1.29 is 9.59 Å². The van der Waals surface area contributed by atoms with Gasteiger partial charge < -0.3 is 14.7 Å². The van der Waals surface area contributed by atoms with E-state index in [0.717, 1.165) is 82.1 Å². The van der Waals surface area contributed by atoms with E-state index < -0.39 is 0 Å². The minimum atomic E-state index is 0.0430. The van der Waals surface area contributed by atoms with Crippen molar-refractivity contribution in [2.75, 3.05) is 44.2 Å². The van der Waals surface area contributed by atoms with E-state index in [2.05, 4.69) is 16.0 Å². The monoisotopic (exact) mass is 438 g/mol. The lowest BCUT2D eigenvalue weighted by Crippen LogP contribution is -2.51. The van der Waals surface area contributed by atoms with Crippen LogP contribution in [0.1, 0.15) is 45.8 Å². The summed E-state index contributed by atoms with van der Waals surface area (Å²) in [5.74, 6) is 1.50. The number of rotatable bonds is 3. The van der Waals surface area contributed by atoms with Crippen LogP contribution in [0.25, 0.3) is 0 Å². The number of anilines is 1. The van der Waals surface area contributed by atoms with Gasteiger partial charge in [0, 0.05) is 56.3 Å². The summed E-state index contributed by atoms with van der Waals surface area (Å²) in [5, 5.41) is 0. The first-order valence-corrected chi connectivity index (χ1v) is 12.4. The predicted molar refractivity (Wildman–Crippen MR) is 123 cm³/mol. The minimum absolute atomic E-state index is 0.0430. The van der Waals surface area contributed by atoms with E-state index in [1.807, 2.05) is 34.2 Å². The quantitative estimate of drug-likeness (QED) is 0.738. The van der Waals surface area contributed by atoms with Crippen molar-refractivity contribution in [1.82, 2.24) is 14.8 Å². The van der Waals surface area contributed by atoms with Crippen LogP contribution in [-0.2, 0) is 17.6 Å². The first kappa shape index (κ1) is 20.5. The first-order valence-electron chi connectivity index (χ1n) is 11.5. The van der Waals surface area contributed by atoms with Gasteiger partial charge in [0.05, 0.1) is 4.88 Å². The van der Waals surface area contributed by atoms with Crippen molar-refractivity contribution >= 4 is 29.0 Å². The predicted octanol–water partition coefficient (Wildman–Crippen LogP) is 3.22. The highest BCUT2D eigenvalue weighted by atomic mass is 32.1. The molecule has 5 rings (SSSR count). The zero-order valence-corrected chi connectivity index (χ0v) is 18.8. The van der Waals surface area contributed by atoms with Crippen LogP contribution < -0.4 is 4.90 Å². The normalized spacial score (nSPS) is 21.7. The van der Waals surface area contributed by atoms with Crippen molar-refractivity contribution in [2.45, 2.75) is 38.5 Å². The van der Waals surface area contributed by atoms with E-state index in [1.54, 1.807) is 11.3 Å². The maximum absolute atomic E-state index is 13.2. The Hall–Kier alpha value is -2.41. The van der Waals surface area contributed by atoms with E-state index >= 15 is 0 Å². The van der Waals surface area contributed by atoms with Crippen LogP contribution in [0.2, 0.25) is 0 Å². The molecule has 1 unspecified atom stereocenters. The fraction of sp³-hybridized carbons (Fsp3) is 0.542. The number of pyridine rings is 1. The van der Waals surface area contributed by atoms with Crippen LogP contribution in [0.5, 0.6) is 0 Å². The molecule has 0 N–H and O–H groups in total. The largest absolute Gasteiger partial charge is 0.353 e. The fourth-order valence-corrected chi connectivity index (χ4v) is 6.22. The van der Waals surface area contributed by atoms with E-state index in [-0.39, 0.29) is 17.7 Å². The Kier molecular flexibility index (Phi) is 5.94. The molecule has 2 amide bonds. The van der Waals surface area contributed by atoms with Crippen LogP contribution in [0, 0.1) is 5.92 Å². The molecule has 2 fully saturated rings. The summed E-state index contributed by atoms with van der Waals surface area (Å²) in [5.41, 5.74) is 1.22. The van der Waals surface area contributed by atoms with Gasteiger partial charge in [-0.25, -0.2) is 4.98 Å². The number of aryl methyl sites for hydroxylation is 1. The van der Waals surface area contributed by atoms with Crippen LogP contribution in [0.3, 0.4) is 0 Å². The zero-order valence-electron chi connectivity index (χ0n) is 18.0. The van der Waals surface area contributed by atoms with E-state index in [0.29, 0.717) is 0 Å². The number of likely N-dealkylation sites (tertiary alicyclic amines) is 1. The van der Waals surface area contributed by atoms with Gasteiger partial charge in [-0.15, -0.1) is 11.3 Å². The number of carbonyl (C=O) groups excluding carboxylic acids is 2. The average Bonchev–Trinajstić information content (AvgIpc) is 3.28. The minimum Gasteiger partial charge on any atom is -0.353 e. The summed E-state index contributed by atoms with van der Waals surface area (Å²) in [6.07, 6.45) is 7.85. The third kappa shape index (κ3) is 4.33. The molecule has 164 valence electrons. The number of amides is 2. The second-order valence-electron chi connectivity index (χ2n) is 8.85. The van der Waals surface area contributed by atoms with Gasteiger partial charge in [0.2, 0.25) is 5.91 Å². The Morgan fingerprint density at radius 2 is 1.77 bits per heavy atom. The molecule has 2 aliphatic heterocycles. The number of piperazine rings is 1. The molecule has 0 saturated carbocycles. The van der Waals surface area contributed by atoms with Gasteiger partial charge in [-0.3, -0.25) is 9.59 Å². The van der Waals surface area contributed by atoms with E-state index in [4.69, 9.17) is 0 Å². The number of piperidine rings is 1. The van der Waals surface area contributed by atoms with Crippen molar-refractivity contribution in [1.29, 1.82) is 0 Å². The average molecular weight is 439 g/mol. The highest BCUT2D eigenvalue weighted by Gasteiger charge is 2.32. The molecular weight excluding hydrogens is 408 g/mol. The lowest BCUT2D eigenvalue weighted by molar-refractivity contribution is -0.136. The summed E-state index contributed by atoms with van der Waals surface area (Å²) in [4.78, 5) is 39.0. The maximum atomic E-state index is 13.2. The third-order valence-electron chi connectivity index (χ3n) is 6.85. The van der Waals surface area contributed by atoms with Crippen molar-refractivity contribution in [3.05, 3.63) is 45.8 Å². The van der Waals surface area contributed by atoms with Crippen molar-refractivity contribution in [3.63, 3.8) is 0 Å². The Morgan fingerprint density at radius 1 is 0.968 bits per heavy atom. The van der Waals surface area contributed by atoms with Crippen LogP contribution in [-0.4, -0.2) is 65.9 Å². The number of nitrogens with zero attached hydrogens (tertiary/aromatic N) is 4. The summed E-state index contributed by atoms with van der Waals surface area (Å²) < 4.78 is 0. The Labute approximate surface area is 187 Å². The Morgan fingerprint density at radius 3 is 2.52 bits per heavy atom. The highest BCUT2D eigenvalue weighted by Crippen LogP contribution is 2.34. The van der Waals surface area contributed by atoms with Crippen LogP contribution in [0.15, 0.2) is 30.5 Å². The highest BCUT2D eigenvalue weighted by molar-refractivity contribution is 7.14.